The van der Waals surface area contributed by atoms with Crippen LogP contribution in [0.25, 0.3) is 0 Å². The highest BCUT2D eigenvalue weighted by atomic mass is 16.5. The molecule has 3 heterocycles. The fourth-order valence-electron chi connectivity index (χ4n) is 5.49. The zero-order valence-electron chi connectivity index (χ0n) is 24.7. The smallest absolute Gasteiger partial charge is 0.270 e. The largest absolute Gasteiger partial charge is 0.476 e. The molecule has 1 aromatic heterocycles. The third-order valence-electron chi connectivity index (χ3n) is 7.80. The third-order valence-corrected chi connectivity index (χ3v) is 7.80. The van der Waals surface area contributed by atoms with Gasteiger partial charge < -0.3 is 30.1 Å². The molecule has 1 saturated heterocycles. The van der Waals surface area contributed by atoms with Crippen molar-refractivity contribution < 1.29 is 9.53 Å². The number of carbonyl (C=O) groups excluding carboxylic acids is 1. The summed E-state index contributed by atoms with van der Waals surface area (Å²) in [6.45, 7) is 14.4. The molecule has 1 fully saturated rings. The number of benzene rings is 2. The number of anilines is 6. The number of rotatable bonds is 5. The number of hydrogen-bond acceptors (Lipinski definition) is 8. The standard InChI is InChI=1S/C31H41N7O2/c1-20-12-13-38(15-14-36(6)19-20)25-10-8-23(16-21(25)2)34-30-32-18-22(3)28(35-30)33-24-9-11-27-26(17-24)37(7)29(39)31(4,5)40-27/h8-11,16-18,20H,12-15,19H2,1-7H3,(H2,32,33,34,35). The van der Waals surface area contributed by atoms with Crippen LogP contribution in [0.4, 0.5) is 34.5 Å². The molecule has 0 saturated carbocycles. The molecule has 1 atom stereocenters. The second-order valence-electron chi connectivity index (χ2n) is 11.8. The Morgan fingerprint density at radius 2 is 1.70 bits per heavy atom. The normalized spacial score (nSPS) is 19.4. The van der Waals surface area contributed by atoms with E-state index in [1.165, 1.54) is 24.2 Å². The van der Waals surface area contributed by atoms with Gasteiger partial charge in [0, 0.05) is 62.0 Å². The van der Waals surface area contributed by atoms with E-state index >= 15 is 0 Å². The van der Waals surface area contributed by atoms with Gasteiger partial charge >= 0.3 is 0 Å². The van der Waals surface area contributed by atoms with E-state index in [4.69, 9.17) is 9.72 Å². The summed E-state index contributed by atoms with van der Waals surface area (Å²) in [7, 11) is 3.98. The predicted molar refractivity (Wildman–Crippen MR) is 163 cm³/mol. The molecule has 2 aliphatic heterocycles. The van der Waals surface area contributed by atoms with Crippen molar-refractivity contribution in [2.75, 3.05) is 60.7 Å². The number of aryl methyl sites for hydroxylation is 2. The second kappa shape index (κ2) is 11.0. The lowest BCUT2D eigenvalue weighted by Crippen LogP contribution is -2.50. The molecule has 0 radical (unpaired) electrons. The van der Waals surface area contributed by atoms with Gasteiger partial charge in [0.15, 0.2) is 5.60 Å². The first-order chi connectivity index (χ1) is 19.0. The maximum absolute atomic E-state index is 12.7. The predicted octanol–water partition coefficient (Wildman–Crippen LogP) is 5.49. The minimum absolute atomic E-state index is 0.0867. The average Bonchev–Trinajstić information content (AvgIpc) is 2.89. The van der Waals surface area contributed by atoms with Gasteiger partial charge in [-0.3, -0.25) is 4.79 Å². The molecule has 2 aromatic carbocycles. The van der Waals surface area contributed by atoms with Gasteiger partial charge in [0.25, 0.3) is 5.91 Å². The molecule has 0 bridgehead atoms. The zero-order chi connectivity index (χ0) is 28.6. The molecular formula is C31H41N7O2. The van der Waals surface area contributed by atoms with E-state index in [1.807, 2.05) is 25.1 Å². The summed E-state index contributed by atoms with van der Waals surface area (Å²) in [5, 5.41) is 6.77. The zero-order valence-corrected chi connectivity index (χ0v) is 24.7. The van der Waals surface area contributed by atoms with Crippen molar-refractivity contribution in [1.29, 1.82) is 0 Å². The Kier molecular flexibility index (Phi) is 7.59. The van der Waals surface area contributed by atoms with Gasteiger partial charge in [-0.2, -0.15) is 4.98 Å². The second-order valence-corrected chi connectivity index (χ2v) is 11.8. The average molecular weight is 544 g/mol. The third kappa shape index (κ3) is 5.84. The first-order valence-electron chi connectivity index (χ1n) is 14.0. The van der Waals surface area contributed by atoms with E-state index in [1.54, 1.807) is 32.0 Å². The molecule has 1 amide bonds. The van der Waals surface area contributed by atoms with Gasteiger partial charge in [0.2, 0.25) is 5.95 Å². The number of likely N-dealkylation sites (N-methyl/N-ethyl adjacent to an activating group) is 2. The van der Waals surface area contributed by atoms with Crippen LogP contribution in [0.2, 0.25) is 0 Å². The Bertz CT molecular complexity index is 1390. The van der Waals surface area contributed by atoms with E-state index in [0.29, 0.717) is 23.4 Å². The SMILES string of the molecule is Cc1cc(Nc2ncc(C)c(Nc3ccc4c(c3)N(C)C(=O)C(C)(C)O4)n2)ccc1N1CCC(C)CN(C)CC1. The van der Waals surface area contributed by atoms with Crippen LogP contribution in [0.3, 0.4) is 0 Å². The van der Waals surface area contributed by atoms with E-state index in [-0.39, 0.29) is 5.91 Å². The van der Waals surface area contributed by atoms with Crippen LogP contribution in [-0.4, -0.2) is 66.7 Å². The Balaban J connectivity index is 1.31. The van der Waals surface area contributed by atoms with Crippen molar-refractivity contribution in [3.05, 3.63) is 53.7 Å². The summed E-state index contributed by atoms with van der Waals surface area (Å²) in [6, 6.07) is 12.2. The molecule has 2 N–H and O–H groups in total. The highest BCUT2D eigenvalue weighted by molar-refractivity contribution is 6.02. The highest BCUT2D eigenvalue weighted by Crippen LogP contribution is 2.39. The fourth-order valence-corrected chi connectivity index (χ4v) is 5.49. The summed E-state index contributed by atoms with van der Waals surface area (Å²) in [6.07, 6.45) is 3.00. The van der Waals surface area contributed by atoms with Crippen LogP contribution < -0.4 is 25.2 Å². The number of aromatic nitrogens is 2. The quantitative estimate of drug-likeness (QED) is 0.437. The number of amides is 1. The van der Waals surface area contributed by atoms with Gasteiger partial charge in [0.05, 0.1) is 5.69 Å². The molecular weight excluding hydrogens is 502 g/mol. The lowest BCUT2D eigenvalue weighted by Gasteiger charge is -2.37. The first kappa shape index (κ1) is 27.7. The van der Waals surface area contributed by atoms with Crippen molar-refractivity contribution >= 4 is 40.4 Å². The maximum Gasteiger partial charge on any atom is 0.270 e. The number of nitrogens with one attached hydrogen (secondary N) is 2. The molecule has 0 aliphatic carbocycles. The Hall–Kier alpha value is -3.85. The molecule has 1 unspecified atom stereocenters. The van der Waals surface area contributed by atoms with Crippen LogP contribution in [0, 0.1) is 19.8 Å². The monoisotopic (exact) mass is 543 g/mol. The number of fused-ring (bicyclic) bond motifs is 1. The first-order valence-corrected chi connectivity index (χ1v) is 14.0. The van der Waals surface area contributed by atoms with Gasteiger partial charge in [-0.05, 0) is 89.0 Å². The molecule has 3 aromatic rings. The van der Waals surface area contributed by atoms with Gasteiger partial charge in [-0.15, -0.1) is 0 Å². The van der Waals surface area contributed by atoms with E-state index in [9.17, 15) is 4.79 Å². The summed E-state index contributed by atoms with van der Waals surface area (Å²) in [5.41, 5.74) is 5.00. The van der Waals surface area contributed by atoms with E-state index in [2.05, 4.69) is 64.5 Å². The van der Waals surface area contributed by atoms with E-state index in [0.717, 1.165) is 42.3 Å². The van der Waals surface area contributed by atoms with Crippen molar-refractivity contribution in [3.63, 3.8) is 0 Å². The molecule has 9 heteroatoms. The maximum atomic E-state index is 12.7. The van der Waals surface area contributed by atoms with Gasteiger partial charge in [-0.25, -0.2) is 4.98 Å². The lowest BCUT2D eigenvalue weighted by molar-refractivity contribution is -0.132. The summed E-state index contributed by atoms with van der Waals surface area (Å²) in [5.74, 6) is 2.49. The van der Waals surface area contributed by atoms with Crippen molar-refractivity contribution in [1.82, 2.24) is 14.9 Å². The molecule has 0 spiro atoms. The minimum Gasteiger partial charge on any atom is -0.476 e. The van der Waals surface area contributed by atoms with Crippen LogP contribution in [0.15, 0.2) is 42.6 Å². The molecule has 212 valence electrons. The van der Waals surface area contributed by atoms with Crippen molar-refractivity contribution in [3.8, 4) is 5.75 Å². The Morgan fingerprint density at radius 3 is 2.48 bits per heavy atom. The molecule has 5 rings (SSSR count). The Labute approximate surface area is 237 Å². The topological polar surface area (TPSA) is 85.9 Å². The van der Waals surface area contributed by atoms with Crippen LogP contribution in [-0.2, 0) is 4.79 Å². The summed E-state index contributed by atoms with van der Waals surface area (Å²) >= 11 is 0. The van der Waals surface area contributed by atoms with Gasteiger partial charge in [-0.1, -0.05) is 6.92 Å². The van der Waals surface area contributed by atoms with Gasteiger partial charge in [0.1, 0.15) is 11.6 Å². The molecule has 9 nitrogen and oxygen atoms in total. The van der Waals surface area contributed by atoms with Crippen LogP contribution in [0.1, 0.15) is 38.3 Å². The number of hydrogen-bond donors (Lipinski definition) is 2. The lowest BCUT2D eigenvalue weighted by atomic mass is 10.0. The minimum atomic E-state index is -0.890. The fraction of sp³-hybridized carbons (Fsp3) is 0.452. The summed E-state index contributed by atoms with van der Waals surface area (Å²) < 4.78 is 5.93. The van der Waals surface area contributed by atoms with Crippen molar-refractivity contribution in [2.45, 2.75) is 46.6 Å². The van der Waals surface area contributed by atoms with Crippen LogP contribution >= 0.6 is 0 Å². The Morgan fingerprint density at radius 1 is 0.950 bits per heavy atom. The number of carbonyl (C=O) groups is 1. The van der Waals surface area contributed by atoms with E-state index < -0.39 is 5.60 Å². The molecule has 40 heavy (non-hydrogen) atoms. The van der Waals surface area contributed by atoms with Crippen LogP contribution in [0.5, 0.6) is 5.75 Å². The molecule has 2 aliphatic rings. The number of nitrogens with zero attached hydrogens (tertiary/aromatic N) is 5. The summed E-state index contributed by atoms with van der Waals surface area (Å²) in [4.78, 5) is 28.5. The van der Waals surface area contributed by atoms with Crippen molar-refractivity contribution in [2.24, 2.45) is 5.92 Å². The number of ether oxygens (including phenoxy) is 1. The highest BCUT2D eigenvalue weighted by Gasteiger charge is 2.39.